The van der Waals surface area contributed by atoms with E-state index in [1.165, 1.54) is 10.7 Å². The molecular weight excluding hydrogens is 202 g/mol. The molecule has 0 atom stereocenters. The molecule has 0 aliphatic carbocycles. The molecule has 0 bridgehead atoms. The Bertz CT molecular complexity index is 514. The van der Waals surface area contributed by atoms with Crippen LogP contribution in [0.2, 0.25) is 0 Å². The number of nitrogen functional groups attached to an aromatic ring is 1. The predicted molar refractivity (Wildman–Crippen MR) is 49.8 cm³/mol. The average molecular weight is 209 g/mol. The van der Waals surface area contributed by atoms with Crippen molar-refractivity contribution in [2.75, 3.05) is 5.73 Å². The zero-order valence-electron chi connectivity index (χ0n) is 7.75. The molecule has 2 heterocycles. The van der Waals surface area contributed by atoms with Crippen molar-refractivity contribution in [3.8, 4) is 11.4 Å². The summed E-state index contributed by atoms with van der Waals surface area (Å²) in [7, 11) is 1.58. The van der Waals surface area contributed by atoms with Crippen molar-refractivity contribution in [3.63, 3.8) is 0 Å². The molecule has 8 nitrogen and oxygen atoms in total. The van der Waals surface area contributed by atoms with Gasteiger partial charge in [0, 0.05) is 13.1 Å². The third kappa shape index (κ3) is 1.41. The van der Waals surface area contributed by atoms with Crippen LogP contribution in [-0.2, 0) is 7.05 Å². The van der Waals surface area contributed by atoms with E-state index in [2.05, 4.69) is 14.8 Å². The number of rotatable bonds is 2. The van der Waals surface area contributed by atoms with Gasteiger partial charge in [0.2, 0.25) is 5.88 Å². The summed E-state index contributed by atoms with van der Waals surface area (Å²) in [5.41, 5.74) is 5.75. The Morgan fingerprint density at radius 1 is 1.67 bits per heavy atom. The van der Waals surface area contributed by atoms with Crippen molar-refractivity contribution in [1.82, 2.24) is 14.9 Å². The van der Waals surface area contributed by atoms with Gasteiger partial charge >= 0.3 is 5.69 Å². The zero-order chi connectivity index (χ0) is 11.0. The Balaban J connectivity index is 2.60. The van der Waals surface area contributed by atoms with E-state index in [9.17, 15) is 10.1 Å². The zero-order valence-corrected chi connectivity index (χ0v) is 7.75. The molecule has 0 fully saturated rings. The second-order valence-corrected chi connectivity index (χ2v) is 2.87. The first kappa shape index (κ1) is 9.19. The molecule has 2 N–H and O–H groups in total. The summed E-state index contributed by atoms with van der Waals surface area (Å²) >= 11 is 0. The number of hydrogen-bond acceptors (Lipinski definition) is 6. The molecule has 0 aliphatic heterocycles. The van der Waals surface area contributed by atoms with Gasteiger partial charge in [-0.3, -0.25) is 14.8 Å². The number of aromatic nitrogens is 3. The molecular formula is C7H7N5O3. The van der Waals surface area contributed by atoms with E-state index in [0.29, 0.717) is 5.69 Å². The highest BCUT2D eigenvalue weighted by atomic mass is 16.6. The van der Waals surface area contributed by atoms with Crippen LogP contribution in [0.25, 0.3) is 11.4 Å². The molecule has 15 heavy (non-hydrogen) atoms. The van der Waals surface area contributed by atoms with Crippen LogP contribution in [0, 0.1) is 10.1 Å². The molecule has 0 saturated heterocycles. The Morgan fingerprint density at radius 3 is 2.93 bits per heavy atom. The van der Waals surface area contributed by atoms with Crippen molar-refractivity contribution in [1.29, 1.82) is 0 Å². The van der Waals surface area contributed by atoms with Crippen LogP contribution in [0.15, 0.2) is 16.8 Å². The monoisotopic (exact) mass is 209 g/mol. The minimum Gasteiger partial charge on any atom is -0.368 e. The van der Waals surface area contributed by atoms with E-state index >= 15 is 0 Å². The molecule has 0 unspecified atom stereocenters. The van der Waals surface area contributed by atoms with Crippen LogP contribution in [-0.4, -0.2) is 19.9 Å². The van der Waals surface area contributed by atoms with E-state index < -0.39 is 4.92 Å². The summed E-state index contributed by atoms with van der Waals surface area (Å²) in [6.45, 7) is 0. The first-order chi connectivity index (χ1) is 7.09. The SMILES string of the molecule is Cn1ncc([N+](=O)[O-])c1-c1cc(N)on1. The molecule has 8 heteroatoms. The molecule has 0 amide bonds. The Kier molecular flexibility index (Phi) is 1.89. The normalized spacial score (nSPS) is 10.5. The molecule has 0 spiro atoms. The van der Waals surface area contributed by atoms with E-state index in [-0.39, 0.29) is 17.3 Å². The van der Waals surface area contributed by atoms with Crippen LogP contribution in [0.3, 0.4) is 0 Å². The molecule has 0 aliphatic rings. The summed E-state index contributed by atoms with van der Waals surface area (Å²) in [4.78, 5) is 10.1. The summed E-state index contributed by atoms with van der Waals surface area (Å²) in [5, 5.41) is 18.1. The second kappa shape index (κ2) is 3.08. The number of anilines is 1. The van der Waals surface area contributed by atoms with E-state index in [1.807, 2.05) is 0 Å². The lowest BCUT2D eigenvalue weighted by Gasteiger charge is -1.94. The third-order valence-corrected chi connectivity index (χ3v) is 1.89. The van der Waals surface area contributed by atoms with Crippen molar-refractivity contribution in [2.24, 2.45) is 7.05 Å². The Hall–Kier alpha value is -2.38. The maximum absolute atomic E-state index is 10.7. The first-order valence-electron chi connectivity index (χ1n) is 3.98. The number of nitro groups is 1. The Labute approximate surface area is 83.4 Å². The van der Waals surface area contributed by atoms with Gasteiger partial charge in [0.25, 0.3) is 0 Å². The molecule has 2 aromatic heterocycles. The van der Waals surface area contributed by atoms with Gasteiger partial charge in [0.1, 0.15) is 11.9 Å². The summed E-state index contributed by atoms with van der Waals surface area (Å²) in [6, 6.07) is 1.41. The highest BCUT2D eigenvalue weighted by molar-refractivity contribution is 5.67. The maximum atomic E-state index is 10.7. The largest absolute Gasteiger partial charge is 0.368 e. The summed E-state index contributed by atoms with van der Waals surface area (Å²) in [6.07, 6.45) is 1.15. The van der Waals surface area contributed by atoms with Crippen molar-refractivity contribution >= 4 is 11.6 Å². The number of hydrogen-bond donors (Lipinski definition) is 1. The van der Waals surface area contributed by atoms with Gasteiger partial charge < -0.3 is 10.3 Å². The van der Waals surface area contributed by atoms with Crippen molar-refractivity contribution < 1.29 is 9.45 Å². The fourth-order valence-electron chi connectivity index (χ4n) is 1.26. The molecule has 78 valence electrons. The lowest BCUT2D eigenvalue weighted by Crippen LogP contribution is -1.96. The maximum Gasteiger partial charge on any atom is 0.316 e. The quantitative estimate of drug-likeness (QED) is 0.571. The van der Waals surface area contributed by atoms with E-state index in [4.69, 9.17) is 5.73 Å². The van der Waals surface area contributed by atoms with Crippen LogP contribution >= 0.6 is 0 Å². The van der Waals surface area contributed by atoms with Gasteiger partial charge in [-0.2, -0.15) is 5.10 Å². The van der Waals surface area contributed by atoms with Crippen LogP contribution in [0.4, 0.5) is 11.6 Å². The first-order valence-corrected chi connectivity index (χ1v) is 3.98. The van der Waals surface area contributed by atoms with Gasteiger partial charge in [0.15, 0.2) is 5.69 Å². The van der Waals surface area contributed by atoms with Crippen LogP contribution in [0.5, 0.6) is 0 Å². The fraction of sp³-hybridized carbons (Fsp3) is 0.143. The molecule has 2 aromatic rings. The van der Waals surface area contributed by atoms with E-state index in [1.54, 1.807) is 7.05 Å². The van der Waals surface area contributed by atoms with Crippen molar-refractivity contribution in [3.05, 3.63) is 22.4 Å². The number of aryl methyl sites for hydroxylation is 1. The van der Waals surface area contributed by atoms with Gasteiger partial charge in [0.05, 0.1) is 4.92 Å². The average Bonchev–Trinajstić information content (AvgIpc) is 2.71. The lowest BCUT2D eigenvalue weighted by atomic mass is 10.3. The van der Waals surface area contributed by atoms with Gasteiger partial charge in [-0.1, -0.05) is 5.16 Å². The van der Waals surface area contributed by atoms with Crippen LogP contribution in [0.1, 0.15) is 0 Å². The topological polar surface area (TPSA) is 113 Å². The second-order valence-electron chi connectivity index (χ2n) is 2.87. The van der Waals surface area contributed by atoms with Crippen LogP contribution < -0.4 is 5.73 Å². The highest BCUT2D eigenvalue weighted by Gasteiger charge is 2.23. The number of nitrogens with zero attached hydrogens (tertiary/aromatic N) is 4. The summed E-state index contributed by atoms with van der Waals surface area (Å²) in [5.74, 6) is 0.0977. The minimum atomic E-state index is -0.535. The summed E-state index contributed by atoms with van der Waals surface area (Å²) < 4.78 is 5.98. The third-order valence-electron chi connectivity index (χ3n) is 1.89. The molecule has 0 radical (unpaired) electrons. The lowest BCUT2D eigenvalue weighted by molar-refractivity contribution is -0.384. The van der Waals surface area contributed by atoms with Gasteiger partial charge in [-0.25, -0.2) is 0 Å². The molecule has 0 aromatic carbocycles. The standard InChI is InChI=1S/C7H7N5O3/c1-11-7(4-2-6(8)15-10-4)5(3-9-11)12(13)14/h2-3H,8H2,1H3. The van der Waals surface area contributed by atoms with Crippen molar-refractivity contribution in [2.45, 2.75) is 0 Å². The fourth-order valence-corrected chi connectivity index (χ4v) is 1.26. The van der Waals surface area contributed by atoms with E-state index in [0.717, 1.165) is 6.20 Å². The Morgan fingerprint density at radius 2 is 2.40 bits per heavy atom. The smallest absolute Gasteiger partial charge is 0.316 e. The van der Waals surface area contributed by atoms with Gasteiger partial charge in [-0.05, 0) is 0 Å². The van der Waals surface area contributed by atoms with Gasteiger partial charge in [-0.15, -0.1) is 0 Å². The highest BCUT2D eigenvalue weighted by Crippen LogP contribution is 2.28. The molecule has 0 saturated carbocycles. The number of nitrogens with two attached hydrogens (primary N) is 1. The predicted octanol–water partition coefficient (Wildman–Crippen LogP) is 0.565. The minimum absolute atomic E-state index is 0.0977. The molecule has 2 rings (SSSR count).